The van der Waals surface area contributed by atoms with Gasteiger partial charge in [-0.1, -0.05) is 0 Å². The van der Waals surface area contributed by atoms with Crippen LogP contribution in [0.15, 0.2) is 0 Å². The van der Waals surface area contributed by atoms with Crippen molar-refractivity contribution < 1.29 is 19.4 Å². The fourth-order valence-electron chi connectivity index (χ4n) is 0.911. The van der Waals surface area contributed by atoms with Crippen molar-refractivity contribution in [2.24, 2.45) is 0 Å². The van der Waals surface area contributed by atoms with Crippen LogP contribution in [-0.2, 0) is 14.3 Å². The molecule has 0 amide bonds. The van der Waals surface area contributed by atoms with Crippen molar-refractivity contribution in [3.8, 4) is 0 Å². The second-order valence-corrected chi connectivity index (χ2v) is 3.54. The number of aliphatic carboxylic acids is 1. The molecule has 1 unspecified atom stereocenters. The maximum Gasteiger partial charge on any atom is 0.313 e. The molecule has 0 radical (unpaired) electrons. The van der Waals surface area contributed by atoms with Gasteiger partial charge in [-0.3, -0.25) is 4.79 Å². The highest BCUT2D eigenvalue weighted by molar-refractivity contribution is 7.99. The van der Waals surface area contributed by atoms with Gasteiger partial charge < -0.3 is 14.6 Å². The van der Waals surface area contributed by atoms with E-state index in [0.717, 1.165) is 18.8 Å². The van der Waals surface area contributed by atoms with Gasteiger partial charge in [-0.05, 0) is 6.42 Å². The van der Waals surface area contributed by atoms with Crippen molar-refractivity contribution >= 4 is 17.7 Å². The van der Waals surface area contributed by atoms with Crippen molar-refractivity contribution in [1.82, 2.24) is 0 Å². The van der Waals surface area contributed by atoms with Gasteiger partial charge in [-0.15, -0.1) is 11.8 Å². The monoisotopic (exact) mass is 192 g/mol. The number of hydrogen-bond acceptors (Lipinski definition) is 4. The van der Waals surface area contributed by atoms with Crippen molar-refractivity contribution in [2.75, 3.05) is 24.9 Å². The van der Waals surface area contributed by atoms with Gasteiger partial charge in [0.05, 0.1) is 18.5 Å². The zero-order chi connectivity index (χ0) is 8.81. The molecule has 1 saturated heterocycles. The maximum absolute atomic E-state index is 10.2. The number of rotatable bonds is 4. The lowest BCUT2D eigenvalue weighted by Crippen LogP contribution is -2.26. The molecule has 4 nitrogen and oxygen atoms in total. The van der Waals surface area contributed by atoms with Crippen LogP contribution in [0.1, 0.15) is 6.42 Å². The van der Waals surface area contributed by atoms with Gasteiger partial charge in [-0.2, -0.15) is 0 Å². The average Bonchev–Trinajstić information content (AvgIpc) is 2.05. The summed E-state index contributed by atoms with van der Waals surface area (Å²) in [6, 6.07) is 0. The third kappa shape index (κ3) is 3.94. The molecule has 0 aromatic rings. The summed E-state index contributed by atoms with van der Waals surface area (Å²) in [6.07, 6.45) is 1.04. The van der Waals surface area contributed by atoms with Gasteiger partial charge in [0, 0.05) is 5.75 Å². The third-order valence-corrected chi connectivity index (χ3v) is 2.56. The normalized spacial score (nSPS) is 23.8. The van der Waals surface area contributed by atoms with Gasteiger partial charge in [0.2, 0.25) is 0 Å². The van der Waals surface area contributed by atoms with Crippen LogP contribution < -0.4 is 0 Å². The van der Waals surface area contributed by atoms with Crippen LogP contribution in [0.25, 0.3) is 0 Å². The van der Waals surface area contributed by atoms with Crippen LogP contribution in [0.5, 0.6) is 0 Å². The molecule has 0 aromatic carbocycles. The molecule has 1 rings (SSSR count). The fourth-order valence-corrected chi connectivity index (χ4v) is 1.73. The first-order valence-corrected chi connectivity index (χ1v) is 4.93. The molecule has 1 fully saturated rings. The van der Waals surface area contributed by atoms with Gasteiger partial charge in [0.15, 0.2) is 0 Å². The molecule has 1 heterocycles. The Labute approximate surface area is 75.2 Å². The molecule has 0 spiro atoms. The first kappa shape index (κ1) is 9.83. The van der Waals surface area contributed by atoms with E-state index >= 15 is 0 Å². The van der Waals surface area contributed by atoms with Crippen LogP contribution in [0.3, 0.4) is 0 Å². The molecule has 0 saturated carbocycles. The fraction of sp³-hybridized carbons (Fsp3) is 0.857. The highest BCUT2D eigenvalue weighted by atomic mass is 32.2. The van der Waals surface area contributed by atoms with Gasteiger partial charge in [0.1, 0.15) is 6.79 Å². The van der Waals surface area contributed by atoms with Crippen LogP contribution >= 0.6 is 11.8 Å². The zero-order valence-electron chi connectivity index (χ0n) is 6.69. The summed E-state index contributed by atoms with van der Waals surface area (Å²) < 4.78 is 10.2. The number of carboxylic acids is 1. The lowest BCUT2D eigenvalue weighted by Gasteiger charge is -2.21. The first-order valence-electron chi connectivity index (χ1n) is 3.78. The summed E-state index contributed by atoms with van der Waals surface area (Å²) >= 11 is 1.39. The highest BCUT2D eigenvalue weighted by Crippen LogP contribution is 2.12. The Bertz CT molecular complexity index is 144. The second-order valence-electron chi connectivity index (χ2n) is 2.51. The number of carbonyl (C=O) groups is 1. The van der Waals surface area contributed by atoms with E-state index in [4.69, 9.17) is 14.6 Å². The van der Waals surface area contributed by atoms with E-state index in [1.54, 1.807) is 0 Å². The summed E-state index contributed by atoms with van der Waals surface area (Å²) in [5, 5.41) is 8.36. The topological polar surface area (TPSA) is 55.8 Å². The summed E-state index contributed by atoms with van der Waals surface area (Å²) in [5.41, 5.74) is 0. The SMILES string of the molecule is O=C(O)CSCC1CCOCO1. The van der Waals surface area contributed by atoms with Crippen LogP contribution in [0, 0.1) is 0 Å². The predicted octanol–water partition coefficient (Wildman–Crippen LogP) is 0.567. The van der Waals surface area contributed by atoms with Gasteiger partial charge in [0.25, 0.3) is 0 Å². The second kappa shape index (κ2) is 5.40. The Kier molecular flexibility index (Phi) is 4.42. The quantitative estimate of drug-likeness (QED) is 0.705. The van der Waals surface area contributed by atoms with Crippen molar-refractivity contribution in [1.29, 1.82) is 0 Å². The largest absolute Gasteiger partial charge is 0.481 e. The summed E-state index contributed by atoms with van der Waals surface area (Å²) in [6.45, 7) is 1.07. The number of thioether (sulfide) groups is 1. The molecule has 1 atom stereocenters. The van der Waals surface area contributed by atoms with Crippen LogP contribution in [0.4, 0.5) is 0 Å². The lowest BCUT2D eigenvalue weighted by atomic mass is 10.3. The first-order chi connectivity index (χ1) is 5.79. The van der Waals surface area contributed by atoms with E-state index in [2.05, 4.69) is 0 Å². The molecule has 1 aliphatic heterocycles. The summed E-state index contributed by atoms with van der Waals surface area (Å²) in [7, 11) is 0. The minimum atomic E-state index is -0.771. The van der Waals surface area contributed by atoms with E-state index < -0.39 is 5.97 Å². The van der Waals surface area contributed by atoms with Crippen LogP contribution in [0.2, 0.25) is 0 Å². The van der Waals surface area contributed by atoms with Gasteiger partial charge in [-0.25, -0.2) is 0 Å². The van der Waals surface area contributed by atoms with E-state index in [9.17, 15) is 4.79 Å². The Morgan fingerprint density at radius 3 is 3.08 bits per heavy atom. The Morgan fingerprint density at radius 1 is 1.67 bits per heavy atom. The third-order valence-electron chi connectivity index (χ3n) is 1.50. The van der Waals surface area contributed by atoms with Crippen molar-refractivity contribution in [3.05, 3.63) is 0 Å². The molecule has 0 bridgehead atoms. The van der Waals surface area contributed by atoms with Crippen molar-refractivity contribution in [3.63, 3.8) is 0 Å². The smallest absolute Gasteiger partial charge is 0.313 e. The molecular formula is C7H12O4S. The molecule has 1 aliphatic rings. The minimum Gasteiger partial charge on any atom is -0.481 e. The predicted molar refractivity (Wildman–Crippen MR) is 45.3 cm³/mol. The highest BCUT2D eigenvalue weighted by Gasteiger charge is 2.14. The molecule has 0 aromatic heterocycles. The average molecular weight is 192 g/mol. The van der Waals surface area contributed by atoms with Gasteiger partial charge >= 0.3 is 5.97 Å². The Balaban J connectivity index is 2.01. The Morgan fingerprint density at radius 2 is 2.50 bits per heavy atom. The molecule has 0 aliphatic carbocycles. The lowest BCUT2D eigenvalue weighted by molar-refractivity contribution is -0.134. The minimum absolute atomic E-state index is 0.153. The standard InChI is InChI=1S/C7H12O4S/c8-7(9)4-12-3-6-1-2-10-5-11-6/h6H,1-5H2,(H,8,9). The number of hydrogen-bond donors (Lipinski definition) is 1. The zero-order valence-corrected chi connectivity index (χ0v) is 7.51. The van der Waals surface area contributed by atoms with E-state index in [1.165, 1.54) is 11.8 Å². The summed E-state index contributed by atoms with van der Waals surface area (Å²) in [4.78, 5) is 10.2. The maximum atomic E-state index is 10.2. The Hall–Kier alpha value is -0.260. The van der Waals surface area contributed by atoms with Crippen LogP contribution in [-0.4, -0.2) is 42.1 Å². The van der Waals surface area contributed by atoms with E-state index in [0.29, 0.717) is 6.79 Å². The van der Waals surface area contributed by atoms with E-state index in [-0.39, 0.29) is 11.9 Å². The van der Waals surface area contributed by atoms with E-state index in [1.807, 2.05) is 0 Å². The number of carboxylic acid groups (broad SMARTS) is 1. The number of ether oxygens (including phenoxy) is 2. The molecule has 5 heteroatoms. The van der Waals surface area contributed by atoms with Crippen molar-refractivity contribution in [2.45, 2.75) is 12.5 Å². The molecule has 1 N–H and O–H groups in total. The molecule has 12 heavy (non-hydrogen) atoms. The molecule has 70 valence electrons. The molecular weight excluding hydrogens is 180 g/mol. The summed E-state index contributed by atoms with van der Waals surface area (Å²) in [5.74, 6) is 0.128.